The van der Waals surface area contributed by atoms with Gasteiger partial charge in [-0.2, -0.15) is 0 Å². The van der Waals surface area contributed by atoms with Gasteiger partial charge in [-0.1, -0.05) is 103 Å². The van der Waals surface area contributed by atoms with Crippen LogP contribution in [-0.4, -0.2) is 8.80 Å². The quantitative estimate of drug-likeness (QED) is 0.197. The van der Waals surface area contributed by atoms with Crippen molar-refractivity contribution < 1.29 is 4.42 Å². The maximum atomic E-state index is 6.43. The number of imidazole rings is 1. The minimum absolute atomic E-state index is 0.873. The molecule has 0 atom stereocenters. The molecule has 0 N–H and O–H groups in total. The van der Waals surface area contributed by atoms with E-state index in [1.807, 2.05) is 12.1 Å². The first-order valence-electron chi connectivity index (χ1n) is 16.4. The molecule has 0 aliphatic heterocycles. The molecule has 7 aromatic carbocycles. The van der Waals surface area contributed by atoms with Crippen molar-refractivity contribution in [2.45, 2.75) is 0 Å². The van der Waals surface area contributed by atoms with Gasteiger partial charge in [0.2, 0.25) is 0 Å². The highest BCUT2D eigenvalue weighted by molar-refractivity contribution is 6.25. The highest BCUT2D eigenvalue weighted by Gasteiger charge is 2.26. The van der Waals surface area contributed by atoms with Gasteiger partial charge in [0.15, 0.2) is 0 Å². The first-order chi connectivity index (χ1) is 23.8. The Balaban J connectivity index is 1.24. The zero-order valence-electron chi connectivity index (χ0n) is 25.8. The topological polar surface area (TPSA) is 25.2 Å². The number of hydrogen-bond acceptors (Lipinski definition) is 2. The third-order valence-corrected chi connectivity index (χ3v) is 10.0. The molecule has 11 rings (SSSR count). The molecule has 48 heavy (non-hydrogen) atoms. The minimum Gasteiger partial charge on any atom is -0.456 e. The summed E-state index contributed by atoms with van der Waals surface area (Å²) in [6.45, 7) is 0. The van der Waals surface area contributed by atoms with Gasteiger partial charge < -0.3 is 9.32 Å². The SMILES string of the molecule is c1ccc(-c2ccc(N(c3ccc4c(c3)oc3ccccc34)c3cccc4c3n3c5ccccc5c5c6ccccc6n4c53)cc2)cc1. The van der Waals surface area contributed by atoms with Crippen LogP contribution in [-0.2, 0) is 0 Å². The van der Waals surface area contributed by atoms with E-state index in [2.05, 4.69) is 165 Å². The van der Waals surface area contributed by atoms with Gasteiger partial charge in [-0.15, -0.1) is 0 Å². The van der Waals surface area contributed by atoms with Crippen LogP contribution in [0.25, 0.3) is 76.9 Å². The molecule has 4 heterocycles. The number of rotatable bonds is 4. The molecule has 0 aliphatic rings. The van der Waals surface area contributed by atoms with Gasteiger partial charge in [-0.05, 0) is 65.7 Å². The van der Waals surface area contributed by atoms with Crippen molar-refractivity contribution in [2.24, 2.45) is 0 Å². The van der Waals surface area contributed by atoms with E-state index in [0.29, 0.717) is 0 Å². The second-order valence-corrected chi connectivity index (χ2v) is 12.6. The van der Waals surface area contributed by atoms with Crippen LogP contribution < -0.4 is 4.90 Å². The normalized spacial score (nSPS) is 12.2. The van der Waals surface area contributed by atoms with E-state index in [1.54, 1.807) is 0 Å². The fraction of sp³-hybridized carbons (Fsp3) is 0. The molecule has 4 nitrogen and oxygen atoms in total. The Bertz CT molecular complexity index is 2990. The largest absolute Gasteiger partial charge is 0.456 e. The van der Waals surface area contributed by atoms with Gasteiger partial charge in [-0.3, -0.25) is 8.80 Å². The molecule has 0 fully saturated rings. The number of nitrogens with zero attached hydrogens (tertiary/aromatic N) is 3. The maximum Gasteiger partial charge on any atom is 0.137 e. The Morgan fingerprint density at radius 3 is 1.81 bits per heavy atom. The molecule has 0 aliphatic carbocycles. The third-order valence-electron chi connectivity index (χ3n) is 10.0. The number of para-hydroxylation sites is 4. The first-order valence-corrected chi connectivity index (χ1v) is 16.4. The summed E-state index contributed by atoms with van der Waals surface area (Å²) in [6.07, 6.45) is 0. The molecule has 224 valence electrons. The molecule has 4 aromatic heterocycles. The number of anilines is 3. The Labute approximate surface area is 275 Å². The van der Waals surface area contributed by atoms with Crippen molar-refractivity contribution in [3.05, 3.63) is 164 Å². The monoisotopic (exact) mass is 613 g/mol. The molecule has 0 saturated heterocycles. The molecule has 0 radical (unpaired) electrons. The first kappa shape index (κ1) is 25.6. The van der Waals surface area contributed by atoms with Crippen molar-refractivity contribution in [2.75, 3.05) is 4.90 Å². The smallest absolute Gasteiger partial charge is 0.137 e. The van der Waals surface area contributed by atoms with Gasteiger partial charge in [0, 0.05) is 44.4 Å². The standard InChI is InChI=1S/C44H27N3O/c1-2-11-28(12-3-1)29-21-23-30(24-22-29)45(31-25-26-33-32-13-6-9-20-40(32)48-41(33)27-31)38-18-10-19-39-43(38)47-37-17-8-5-15-35(37)42-34-14-4-7-16-36(34)46(39)44(42)47/h1-27H. The maximum absolute atomic E-state index is 6.43. The Hall–Kier alpha value is -6.52. The predicted octanol–water partition coefficient (Wildman–Crippen LogP) is 12.1. The molecule has 0 amide bonds. The van der Waals surface area contributed by atoms with Crippen molar-refractivity contribution >= 4 is 82.9 Å². The van der Waals surface area contributed by atoms with Crippen LogP contribution in [0.1, 0.15) is 0 Å². The minimum atomic E-state index is 0.873. The number of fused-ring (bicyclic) bond motifs is 12. The average molecular weight is 614 g/mol. The van der Waals surface area contributed by atoms with E-state index in [4.69, 9.17) is 4.42 Å². The van der Waals surface area contributed by atoms with E-state index < -0.39 is 0 Å². The van der Waals surface area contributed by atoms with Crippen LogP contribution in [0.15, 0.2) is 168 Å². The molecule has 0 spiro atoms. The lowest BCUT2D eigenvalue weighted by Crippen LogP contribution is -2.11. The number of aromatic nitrogens is 2. The summed E-state index contributed by atoms with van der Waals surface area (Å²) in [5.74, 6) is 0. The van der Waals surface area contributed by atoms with Gasteiger partial charge >= 0.3 is 0 Å². The van der Waals surface area contributed by atoms with Gasteiger partial charge in [0.05, 0.1) is 27.8 Å². The molecule has 0 unspecified atom stereocenters. The predicted molar refractivity (Wildman–Crippen MR) is 199 cm³/mol. The van der Waals surface area contributed by atoms with Crippen LogP contribution in [0.5, 0.6) is 0 Å². The molecule has 4 heteroatoms. The fourth-order valence-electron chi connectivity index (χ4n) is 7.99. The van der Waals surface area contributed by atoms with Crippen molar-refractivity contribution in [3.63, 3.8) is 0 Å². The fourth-order valence-corrected chi connectivity index (χ4v) is 7.99. The Morgan fingerprint density at radius 1 is 0.417 bits per heavy atom. The summed E-state index contributed by atoms with van der Waals surface area (Å²) in [6, 6.07) is 58.6. The van der Waals surface area contributed by atoms with E-state index >= 15 is 0 Å². The number of hydrogen-bond donors (Lipinski definition) is 0. The van der Waals surface area contributed by atoms with Crippen LogP contribution in [0.3, 0.4) is 0 Å². The van der Waals surface area contributed by atoms with Crippen molar-refractivity contribution in [3.8, 4) is 11.1 Å². The van der Waals surface area contributed by atoms with E-state index in [0.717, 1.165) is 39.0 Å². The summed E-state index contributed by atoms with van der Waals surface area (Å²) in [4.78, 5) is 2.38. The summed E-state index contributed by atoms with van der Waals surface area (Å²) in [5.41, 5.74) is 13.4. The van der Waals surface area contributed by atoms with Crippen LogP contribution in [0.4, 0.5) is 17.1 Å². The van der Waals surface area contributed by atoms with Gasteiger partial charge in [-0.25, -0.2) is 0 Å². The zero-order chi connectivity index (χ0) is 31.3. The molecular formula is C44H27N3O. The second kappa shape index (κ2) is 9.50. The molecular weight excluding hydrogens is 587 g/mol. The second-order valence-electron chi connectivity index (χ2n) is 12.6. The average Bonchev–Trinajstić information content (AvgIpc) is 3.88. The molecule has 0 saturated carbocycles. The zero-order valence-corrected chi connectivity index (χ0v) is 25.8. The van der Waals surface area contributed by atoms with Gasteiger partial charge in [0.1, 0.15) is 16.8 Å². The van der Waals surface area contributed by atoms with Crippen LogP contribution in [0.2, 0.25) is 0 Å². The van der Waals surface area contributed by atoms with E-state index in [1.165, 1.54) is 55.0 Å². The highest BCUT2D eigenvalue weighted by Crippen LogP contribution is 2.46. The summed E-state index contributed by atoms with van der Waals surface area (Å²) in [7, 11) is 0. The molecule has 0 bridgehead atoms. The van der Waals surface area contributed by atoms with Gasteiger partial charge in [0.25, 0.3) is 0 Å². The lowest BCUT2D eigenvalue weighted by atomic mass is 10.0. The number of benzene rings is 7. The van der Waals surface area contributed by atoms with Crippen LogP contribution in [0, 0.1) is 0 Å². The summed E-state index contributed by atoms with van der Waals surface area (Å²) in [5, 5.41) is 6.09. The molecule has 11 aromatic rings. The third kappa shape index (κ3) is 3.38. The van der Waals surface area contributed by atoms with E-state index in [-0.39, 0.29) is 0 Å². The lowest BCUT2D eigenvalue weighted by molar-refractivity contribution is 0.669. The lowest BCUT2D eigenvalue weighted by Gasteiger charge is -2.26. The summed E-state index contributed by atoms with van der Waals surface area (Å²) >= 11 is 0. The van der Waals surface area contributed by atoms with E-state index in [9.17, 15) is 0 Å². The Morgan fingerprint density at radius 2 is 1.02 bits per heavy atom. The highest BCUT2D eigenvalue weighted by atomic mass is 16.3. The summed E-state index contributed by atoms with van der Waals surface area (Å²) < 4.78 is 11.3. The van der Waals surface area contributed by atoms with Crippen molar-refractivity contribution in [1.29, 1.82) is 0 Å². The van der Waals surface area contributed by atoms with Crippen LogP contribution >= 0.6 is 0 Å². The van der Waals surface area contributed by atoms with Crippen molar-refractivity contribution in [1.82, 2.24) is 8.80 Å². The Kier molecular flexibility index (Phi) is 5.08. The number of furan rings is 1.